The quantitative estimate of drug-likeness (QED) is 0.112. The molecule has 6 aromatic carbocycles. The summed E-state index contributed by atoms with van der Waals surface area (Å²) in [5, 5.41) is 2.11. The Morgan fingerprint density at radius 3 is 1.14 bits per heavy atom. The summed E-state index contributed by atoms with van der Waals surface area (Å²) in [6.45, 7) is 5.79. The highest BCUT2D eigenvalue weighted by Crippen LogP contribution is 2.44. The number of carbonyl (C=O) groups is 3. The summed E-state index contributed by atoms with van der Waals surface area (Å²) in [7, 11) is 0. The Morgan fingerprint density at radius 2 is 0.773 bits per heavy atom. The van der Waals surface area contributed by atoms with E-state index in [9.17, 15) is 14.4 Å². The van der Waals surface area contributed by atoms with Crippen LogP contribution in [-0.2, 0) is 0 Å². The second-order valence-corrected chi connectivity index (χ2v) is 10.7. The normalized spacial score (nSPS) is 10.9. The summed E-state index contributed by atoms with van der Waals surface area (Å²) in [4.78, 5) is 40.0. The molecule has 0 N–H and O–H groups in total. The topological polar surface area (TPSA) is 78.9 Å². The molecule has 0 fully saturated rings. The third kappa shape index (κ3) is 5.78. The molecule has 0 atom stereocenters. The Bertz CT molecular complexity index is 1920. The second kappa shape index (κ2) is 11.9. The van der Waals surface area contributed by atoms with Gasteiger partial charge in [-0.3, -0.25) is 0 Å². The van der Waals surface area contributed by atoms with Gasteiger partial charge in [-0.2, -0.15) is 0 Å². The molecule has 0 spiro atoms. The van der Waals surface area contributed by atoms with E-state index < -0.39 is 17.9 Å². The first kappa shape index (κ1) is 28.4. The fourth-order valence-electron chi connectivity index (χ4n) is 4.93. The molecule has 44 heavy (non-hydrogen) atoms. The van der Waals surface area contributed by atoms with Crippen LogP contribution in [0.5, 0.6) is 17.2 Å². The molecular formula is C38H28O6. The largest absolute Gasteiger partial charge is 0.422 e. The maximum atomic E-state index is 13.5. The van der Waals surface area contributed by atoms with E-state index >= 15 is 0 Å². The number of esters is 3. The fourth-order valence-corrected chi connectivity index (χ4v) is 4.93. The van der Waals surface area contributed by atoms with Crippen molar-refractivity contribution in [2.75, 3.05) is 0 Å². The smallest absolute Gasteiger partial charge is 0.343 e. The molecule has 0 bridgehead atoms. The molecule has 6 nitrogen and oxygen atoms in total. The Morgan fingerprint density at radius 1 is 0.432 bits per heavy atom. The van der Waals surface area contributed by atoms with E-state index in [0.29, 0.717) is 38.2 Å². The van der Waals surface area contributed by atoms with Crippen LogP contribution in [0.4, 0.5) is 0 Å². The van der Waals surface area contributed by atoms with Crippen LogP contribution in [0.2, 0.25) is 0 Å². The minimum atomic E-state index is -0.613. The molecule has 0 heterocycles. The lowest BCUT2D eigenvalue weighted by atomic mass is 10.0. The number of rotatable bonds is 6. The van der Waals surface area contributed by atoms with Gasteiger partial charge in [0.15, 0.2) is 5.75 Å². The molecular weight excluding hydrogens is 552 g/mol. The van der Waals surface area contributed by atoms with Gasteiger partial charge in [0, 0.05) is 0 Å². The predicted molar refractivity (Wildman–Crippen MR) is 170 cm³/mol. The Kier molecular flexibility index (Phi) is 7.65. The van der Waals surface area contributed by atoms with Crippen molar-refractivity contribution in [3.8, 4) is 17.2 Å². The van der Waals surface area contributed by atoms with E-state index in [2.05, 4.69) is 0 Å². The highest BCUT2D eigenvalue weighted by atomic mass is 16.6. The van der Waals surface area contributed by atoms with Crippen molar-refractivity contribution >= 4 is 39.5 Å². The maximum Gasteiger partial charge on any atom is 0.343 e. The summed E-state index contributed by atoms with van der Waals surface area (Å²) in [5.74, 6) is -1.23. The number of fused-ring (bicyclic) bond motifs is 2. The van der Waals surface area contributed by atoms with Crippen molar-refractivity contribution in [2.24, 2.45) is 0 Å². The second-order valence-electron chi connectivity index (χ2n) is 10.7. The minimum Gasteiger partial charge on any atom is -0.422 e. The van der Waals surface area contributed by atoms with Crippen molar-refractivity contribution in [1.29, 1.82) is 0 Å². The molecule has 6 rings (SSSR count). The SMILES string of the molecule is Cc1ccc(C(=O)Oc2cccc3cc4cccc(OC(=O)c5ccc(C)cc5)c4c(OC(=O)c4ccc(C)cc4)c23)cc1. The van der Waals surface area contributed by atoms with Crippen LogP contribution in [0.3, 0.4) is 0 Å². The molecule has 0 aliphatic carbocycles. The standard InChI is InChI=1S/C38H28O6/c1-23-10-16-26(17-11-23)36(39)42-31-8-4-6-29-22-30-7-5-9-32(43-37(40)27-18-12-24(2)13-19-27)34(30)35(33(29)31)44-38(41)28-20-14-25(3)15-21-28/h4-22H,1-3H3. The summed E-state index contributed by atoms with van der Waals surface area (Å²) >= 11 is 0. The van der Waals surface area contributed by atoms with Crippen LogP contribution in [0.25, 0.3) is 21.5 Å². The van der Waals surface area contributed by atoms with Gasteiger partial charge in [-0.1, -0.05) is 77.4 Å². The van der Waals surface area contributed by atoms with E-state index in [4.69, 9.17) is 14.2 Å². The van der Waals surface area contributed by atoms with Gasteiger partial charge < -0.3 is 14.2 Å². The first-order valence-corrected chi connectivity index (χ1v) is 14.1. The highest BCUT2D eigenvalue weighted by molar-refractivity contribution is 6.13. The van der Waals surface area contributed by atoms with Gasteiger partial charge in [-0.15, -0.1) is 0 Å². The van der Waals surface area contributed by atoms with Crippen LogP contribution in [0.1, 0.15) is 47.8 Å². The number of carbonyl (C=O) groups excluding carboxylic acids is 3. The summed E-state index contributed by atoms with van der Waals surface area (Å²) in [6, 6.07) is 33.5. The van der Waals surface area contributed by atoms with Crippen LogP contribution < -0.4 is 14.2 Å². The zero-order chi connectivity index (χ0) is 30.8. The minimum absolute atomic E-state index is 0.114. The van der Waals surface area contributed by atoms with Gasteiger partial charge in [-0.05, 0) is 86.1 Å². The Labute approximate surface area is 254 Å². The summed E-state index contributed by atoms with van der Waals surface area (Å²) < 4.78 is 18.0. The van der Waals surface area contributed by atoms with Crippen LogP contribution >= 0.6 is 0 Å². The molecule has 0 aromatic heterocycles. The number of benzene rings is 6. The first-order chi connectivity index (χ1) is 21.3. The zero-order valence-electron chi connectivity index (χ0n) is 24.4. The van der Waals surface area contributed by atoms with Gasteiger partial charge in [0.05, 0.1) is 27.5 Å². The third-order valence-electron chi connectivity index (χ3n) is 7.34. The van der Waals surface area contributed by atoms with Gasteiger partial charge in [0.2, 0.25) is 0 Å². The third-order valence-corrected chi connectivity index (χ3v) is 7.34. The van der Waals surface area contributed by atoms with E-state index in [0.717, 1.165) is 16.7 Å². The van der Waals surface area contributed by atoms with Crippen molar-refractivity contribution < 1.29 is 28.6 Å². The molecule has 0 radical (unpaired) electrons. The summed E-state index contributed by atoms with van der Waals surface area (Å²) in [6.07, 6.45) is 0. The monoisotopic (exact) mass is 580 g/mol. The van der Waals surface area contributed by atoms with E-state index in [1.165, 1.54) is 0 Å². The molecule has 6 aromatic rings. The van der Waals surface area contributed by atoms with E-state index in [1.54, 1.807) is 60.7 Å². The van der Waals surface area contributed by atoms with Crippen molar-refractivity contribution in [1.82, 2.24) is 0 Å². The van der Waals surface area contributed by atoms with Crippen LogP contribution in [0, 0.1) is 20.8 Å². The number of hydrogen-bond donors (Lipinski definition) is 0. The van der Waals surface area contributed by atoms with Crippen LogP contribution in [-0.4, -0.2) is 17.9 Å². The fraction of sp³-hybridized carbons (Fsp3) is 0.0789. The average molecular weight is 581 g/mol. The van der Waals surface area contributed by atoms with Gasteiger partial charge in [-0.25, -0.2) is 14.4 Å². The average Bonchev–Trinajstić information content (AvgIpc) is 3.02. The van der Waals surface area contributed by atoms with Crippen molar-refractivity contribution in [3.63, 3.8) is 0 Å². The molecule has 0 amide bonds. The molecule has 216 valence electrons. The number of aryl methyl sites for hydroxylation is 3. The Balaban J connectivity index is 1.52. The highest BCUT2D eigenvalue weighted by Gasteiger charge is 2.23. The van der Waals surface area contributed by atoms with Crippen molar-refractivity contribution in [3.05, 3.63) is 149 Å². The number of ether oxygens (including phenoxy) is 3. The molecule has 6 heteroatoms. The molecule has 0 saturated heterocycles. The van der Waals surface area contributed by atoms with E-state index in [1.807, 2.05) is 75.4 Å². The molecule has 0 unspecified atom stereocenters. The maximum absolute atomic E-state index is 13.5. The van der Waals surface area contributed by atoms with E-state index in [-0.39, 0.29) is 17.2 Å². The lowest BCUT2D eigenvalue weighted by Crippen LogP contribution is -2.12. The molecule has 0 aliphatic rings. The lowest BCUT2D eigenvalue weighted by molar-refractivity contribution is 0.0728. The Hall–Kier alpha value is -5.75. The van der Waals surface area contributed by atoms with Crippen LogP contribution in [0.15, 0.2) is 115 Å². The summed E-state index contributed by atoms with van der Waals surface area (Å²) in [5.41, 5.74) is 4.10. The van der Waals surface area contributed by atoms with Crippen molar-refractivity contribution in [2.45, 2.75) is 20.8 Å². The molecule has 0 aliphatic heterocycles. The first-order valence-electron chi connectivity index (χ1n) is 14.1. The van der Waals surface area contributed by atoms with Gasteiger partial charge in [0.25, 0.3) is 0 Å². The number of hydrogen-bond acceptors (Lipinski definition) is 6. The molecule has 0 saturated carbocycles. The zero-order valence-corrected chi connectivity index (χ0v) is 24.4. The predicted octanol–water partition coefficient (Wildman–Crippen LogP) is 8.58. The van der Waals surface area contributed by atoms with Gasteiger partial charge in [0.1, 0.15) is 11.5 Å². The lowest BCUT2D eigenvalue weighted by Gasteiger charge is -2.17. The van der Waals surface area contributed by atoms with Gasteiger partial charge >= 0.3 is 17.9 Å².